The molecule has 0 saturated carbocycles. The number of piperidine rings is 2. The molecule has 2 aliphatic heterocycles. The Balaban J connectivity index is 1.45. The lowest BCUT2D eigenvalue weighted by molar-refractivity contribution is -0.131. The van der Waals surface area contributed by atoms with Crippen LogP contribution in [0.2, 0.25) is 0 Å². The molecular formula is C22H32N6O3. The zero-order chi connectivity index (χ0) is 21.8. The molecule has 0 N–H and O–H groups in total. The minimum absolute atomic E-state index is 0.0295. The number of nitrogens with zero attached hydrogens (tertiary/aromatic N) is 6. The molecule has 0 aromatic carbocycles. The molecule has 4 heterocycles. The van der Waals surface area contributed by atoms with Crippen LogP contribution < -0.4 is 0 Å². The van der Waals surface area contributed by atoms with Gasteiger partial charge < -0.3 is 14.2 Å². The van der Waals surface area contributed by atoms with Crippen molar-refractivity contribution in [2.75, 3.05) is 19.6 Å². The first kappa shape index (κ1) is 21.5. The molecule has 2 fully saturated rings. The van der Waals surface area contributed by atoms with Gasteiger partial charge in [0.15, 0.2) is 0 Å². The van der Waals surface area contributed by atoms with Gasteiger partial charge in [0.25, 0.3) is 5.91 Å². The van der Waals surface area contributed by atoms with Crippen molar-refractivity contribution in [3.05, 3.63) is 29.7 Å². The molecule has 0 radical (unpaired) electrons. The summed E-state index contributed by atoms with van der Waals surface area (Å²) in [4.78, 5) is 28.9. The van der Waals surface area contributed by atoms with Crippen LogP contribution in [0.5, 0.6) is 0 Å². The second kappa shape index (κ2) is 9.62. The Morgan fingerprint density at radius 1 is 1.06 bits per heavy atom. The standard InChI is InChI=1S/C22H32N6O3/c1-3-10-27-15-17(14-23-27)22(30)28-11-6-5-7-18(28)21-25-24-20(31-21)16-8-12-26(13-9-16)19(29)4-2/h14-16,18H,3-13H2,1-2H3/t18-/m1/s1. The first-order valence-electron chi connectivity index (χ1n) is 11.5. The molecule has 9 heteroatoms. The average Bonchev–Trinajstić information content (AvgIpc) is 3.49. The molecule has 4 rings (SSSR count). The molecule has 2 aromatic rings. The van der Waals surface area contributed by atoms with Crippen molar-refractivity contribution in [2.24, 2.45) is 0 Å². The van der Waals surface area contributed by atoms with E-state index in [1.54, 1.807) is 6.20 Å². The summed E-state index contributed by atoms with van der Waals surface area (Å²) >= 11 is 0. The summed E-state index contributed by atoms with van der Waals surface area (Å²) < 4.78 is 7.92. The van der Waals surface area contributed by atoms with E-state index in [-0.39, 0.29) is 23.8 Å². The highest BCUT2D eigenvalue weighted by Crippen LogP contribution is 2.34. The molecule has 1 atom stereocenters. The number of carbonyl (C=O) groups excluding carboxylic acids is 2. The fourth-order valence-corrected chi connectivity index (χ4v) is 4.57. The third-order valence-corrected chi connectivity index (χ3v) is 6.34. The van der Waals surface area contributed by atoms with Crippen molar-refractivity contribution in [1.29, 1.82) is 0 Å². The van der Waals surface area contributed by atoms with Crippen LogP contribution in [0.15, 0.2) is 16.8 Å². The van der Waals surface area contributed by atoms with Crippen molar-refractivity contribution >= 4 is 11.8 Å². The summed E-state index contributed by atoms with van der Waals surface area (Å²) in [5.74, 6) is 1.49. The van der Waals surface area contributed by atoms with E-state index in [2.05, 4.69) is 22.2 Å². The van der Waals surface area contributed by atoms with Crippen LogP contribution in [0.4, 0.5) is 0 Å². The Kier molecular flexibility index (Phi) is 6.67. The Bertz CT molecular complexity index is 899. The summed E-state index contributed by atoms with van der Waals surface area (Å²) in [6.07, 6.45) is 9.45. The van der Waals surface area contributed by atoms with E-state index in [1.165, 1.54) is 0 Å². The van der Waals surface area contributed by atoms with Crippen LogP contribution in [-0.4, -0.2) is 61.2 Å². The van der Waals surface area contributed by atoms with Crippen molar-refractivity contribution < 1.29 is 14.0 Å². The first-order valence-corrected chi connectivity index (χ1v) is 11.5. The van der Waals surface area contributed by atoms with Gasteiger partial charge in [0.05, 0.1) is 11.8 Å². The normalized spacial score (nSPS) is 20.3. The molecule has 0 bridgehead atoms. The molecule has 0 spiro atoms. The van der Waals surface area contributed by atoms with E-state index in [0.717, 1.165) is 58.2 Å². The summed E-state index contributed by atoms with van der Waals surface area (Å²) in [5, 5.41) is 13.0. The summed E-state index contributed by atoms with van der Waals surface area (Å²) in [7, 11) is 0. The van der Waals surface area contributed by atoms with Crippen LogP contribution in [-0.2, 0) is 11.3 Å². The van der Waals surface area contributed by atoms with Gasteiger partial charge in [-0.2, -0.15) is 5.10 Å². The SMILES string of the molecule is CCCn1cc(C(=O)N2CCCC[C@@H]2c2nnc(C3CCN(C(=O)CC)CC3)o2)cn1. The highest BCUT2D eigenvalue weighted by molar-refractivity contribution is 5.94. The Labute approximate surface area is 182 Å². The van der Waals surface area contributed by atoms with Gasteiger partial charge in [-0.15, -0.1) is 10.2 Å². The maximum Gasteiger partial charge on any atom is 0.257 e. The summed E-state index contributed by atoms with van der Waals surface area (Å²) in [6.45, 7) is 6.91. The second-order valence-corrected chi connectivity index (χ2v) is 8.49. The minimum atomic E-state index is -0.196. The smallest absolute Gasteiger partial charge is 0.257 e. The van der Waals surface area contributed by atoms with E-state index >= 15 is 0 Å². The second-order valence-electron chi connectivity index (χ2n) is 8.49. The molecule has 31 heavy (non-hydrogen) atoms. The quantitative estimate of drug-likeness (QED) is 0.701. The van der Waals surface area contributed by atoms with Crippen LogP contribution in [0.25, 0.3) is 0 Å². The van der Waals surface area contributed by atoms with Crippen molar-refractivity contribution in [3.63, 3.8) is 0 Å². The lowest BCUT2D eigenvalue weighted by Gasteiger charge is -2.33. The fraction of sp³-hybridized carbons (Fsp3) is 0.682. The molecule has 2 amide bonds. The molecular weight excluding hydrogens is 396 g/mol. The fourth-order valence-electron chi connectivity index (χ4n) is 4.57. The Hall–Kier alpha value is -2.71. The van der Waals surface area contributed by atoms with Gasteiger partial charge in [-0.05, 0) is 38.5 Å². The Morgan fingerprint density at radius 2 is 1.84 bits per heavy atom. The van der Waals surface area contributed by atoms with Gasteiger partial charge in [0, 0.05) is 44.7 Å². The van der Waals surface area contributed by atoms with Gasteiger partial charge >= 0.3 is 0 Å². The lowest BCUT2D eigenvalue weighted by Crippen LogP contribution is -2.38. The molecule has 2 aliphatic rings. The summed E-state index contributed by atoms with van der Waals surface area (Å²) in [6, 6.07) is -0.196. The third-order valence-electron chi connectivity index (χ3n) is 6.34. The van der Waals surface area contributed by atoms with Gasteiger partial charge in [-0.3, -0.25) is 14.3 Å². The van der Waals surface area contributed by atoms with Gasteiger partial charge in [-0.1, -0.05) is 13.8 Å². The van der Waals surface area contributed by atoms with Gasteiger partial charge in [0.2, 0.25) is 17.7 Å². The molecule has 9 nitrogen and oxygen atoms in total. The molecule has 0 aliphatic carbocycles. The van der Waals surface area contributed by atoms with E-state index in [9.17, 15) is 9.59 Å². The topological polar surface area (TPSA) is 97.4 Å². The molecule has 2 saturated heterocycles. The van der Waals surface area contributed by atoms with Gasteiger partial charge in [-0.25, -0.2) is 0 Å². The highest BCUT2D eigenvalue weighted by atomic mass is 16.4. The largest absolute Gasteiger partial charge is 0.423 e. The first-order chi connectivity index (χ1) is 15.1. The molecule has 0 unspecified atom stereocenters. The molecule has 168 valence electrons. The molecule has 2 aromatic heterocycles. The number of amides is 2. The number of rotatable bonds is 6. The van der Waals surface area contributed by atoms with Gasteiger partial charge in [0.1, 0.15) is 6.04 Å². The van der Waals surface area contributed by atoms with Crippen molar-refractivity contribution in [3.8, 4) is 0 Å². The lowest BCUT2D eigenvalue weighted by atomic mass is 9.96. The number of hydrogen-bond acceptors (Lipinski definition) is 6. The number of aromatic nitrogens is 4. The predicted molar refractivity (Wildman–Crippen MR) is 113 cm³/mol. The summed E-state index contributed by atoms with van der Waals surface area (Å²) in [5.41, 5.74) is 0.605. The predicted octanol–water partition coefficient (Wildman–Crippen LogP) is 3.16. The number of carbonyl (C=O) groups is 2. The number of hydrogen-bond donors (Lipinski definition) is 0. The van der Waals surface area contributed by atoms with Crippen molar-refractivity contribution in [1.82, 2.24) is 29.8 Å². The van der Waals surface area contributed by atoms with E-state index in [4.69, 9.17) is 4.42 Å². The van der Waals surface area contributed by atoms with E-state index < -0.39 is 0 Å². The average molecular weight is 429 g/mol. The zero-order valence-electron chi connectivity index (χ0n) is 18.5. The third kappa shape index (κ3) is 4.65. The van der Waals surface area contributed by atoms with Crippen LogP contribution in [0, 0.1) is 0 Å². The van der Waals surface area contributed by atoms with E-state index in [1.807, 2.05) is 27.6 Å². The maximum absolute atomic E-state index is 13.2. The highest BCUT2D eigenvalue weighted by Gasteiger charge is 2.34. The van der Waals surface area contributed by atoms with Crippen molar-refractivity contribution in [2.45, 2.75) is 77.3 Å². The van der Waals surface area contributed by atoms with Crippen LogP contribution in [0.1, 0.15) is 92.9 Å². The Morgan fingerprint density at radius 3 is 2.58 bits per heavy atom. The zero-order valence-corrected chi connectivity index (χ0v) is 18.5. The van der Waals surface area contributed by atoms with Crippen LogP contribution in [0.3, 0.4) is 0 Å². The van der Waals surface area contributed by atoms with E-state index in [0.29, 0.717) is 30.3 Å². The number of aryl methyl sites for hydroxylation is 1. The van der Waals surface area contributed by atoms with Crippen LogP contribution >= 0.6 is 0 Å². The minimum Gasteiger partial charge on any atom is -0.423 e. The number of likely N-dealkylation sites (tertiary alicyclic amines) is 2. The monoisotopic (exact) mass is 428 g/mol. The maximum atomic E-state index is 13.2.